The largest absolute Gasteiger partial charge is 0.481 e. The standard InChI is InChI=1S/C13H16N4O2/c1-8-4-6-12(15-14-8)17-10(3)11(9(2)16-17)5-7-13(18)19/h4,6H,5,7H2,1-3H3,(H,18,19). The minimum atomic E-state index is -0.804. The van der Waals surface area contributed by atoms with Gasteiger partial charge in [0, 0.05) is 12.1 Å². The summed E-state index contributed by atoms with van der Waals surface area (Å²) >= 11 is 0. The first-order valence-corrected chi connectivity index (χ1v) is 6.06. The minimum absolute atomic E-state index is 0.104. The summed E-state index contributed by atoms with van der Waals surface area (Å²) in [6.45, 7) is 5.66. The van der Waals surface area contributed by atoms with Crippen molar-refractivity contribution in [2.75, 3.05) is 0 Å². The van der Waals surface area contributed by atoms with Crippen molar-refractivity contribution < 1.29 is 9.90 Å². The highest BCUT2D eigenvalue weighted by atomic mass is 16.4. The molecule has 0 radical (unpaired) electrons. The molecule has 0 spiro atoms. The zero-order valence-electron chi connectivity index (χ0n) is 11.2. The molecule has 0 aliphatic heterocycles. The van der Waals surface area contributed by atoms with Crippen molar-refractivity contribution >= 4 is 5.97 Å². The smallest absolute Gasteiger partial charge is 0.303 e. The summed E-state index contributed by atoms with van der Waals surface area (Å²) in [4.78, 5) is 10.7. The Hall–Kier alpha value is -2.24. The number of carbonyl (C=O) groups is 1. The normalized spacial score (nSPS) is 10.7. The average molecular weight is 260 g/mol. The Morgan fingerprint density at radius 2 is 2.00 bits per heavy atom. The molecule has 0 aromatic carbocycles. The Balaban J connectivity index is 2.35. The fourth-order valence-electron chi connectivity index (χ4n) is 2.00. The molecule has 0 aliphatic rings. The van der Waals surface area contributed by atoms with Crippen molar-refractivity contribution in [3.63, 3.8) is 0 Å². The van der Waals surface area contributed by atoms with Gasteiger partial charge in [-0.2, -0.15) is 10.2 Å². The van der Waals surface area contributed by atoms with Crippen LogP contribution in [0.4, 0.5) is 0 Å². The van der Waals surface area contributed by atoms with Crippen LogP contribution in [0, 0.1) is 20.8 Å². The number of nitrogens with zero attached hydrogens (tertiary/aromatic N) is 4. The predicted octanol–water partition coefficient (Wildman–Crippen LogP) is 1.60. The van der Waals surface area contributed by atoms with E-state index in [4.69, 9.17) is 5.11 Å². The van der Waals surface area contributed by atoms with E-state index in [1.165, 1.54) is 0 Å². The van der Waals surface area contributed by atoms with E-state index >= 15 is 0 Å². The van der Waals surface area contributed by atoms with Gasteiger partial charge in [-0.15, -0.1) is 5.10 Å². The van der Waals surface area contributed by atoms with Gasteiger partial charge in [0.15, 0.2) is 5.82 Å². The molecule has 19 heavy (non-hydrogen) atoms. The van der Waals surface area contributed by atoms with Crippen molar-refractivity contribution in [1.82, 2.24) is 20.0 Å². The third-order valence-electron chi connectivity index (χ3n) is 3.03. The van der Waals surface area contributed by atoms with Crippen LogP contribution in [0.15, 0.2) is 12.1 Å². The molecule has 0 fully saturated rings. The summed E-state index contributed by atoms with van der Waals surface area (Å²) in [5.74, 6) is -0.158. The number of aryl methyl sites for hydroxylation is 2. The minimum Gasteiger partial charge on any atom is -0.481 e. The Morgan fingerprint density at radius 3 is 2.58 bits per heavy atom. The van der Waals surface area contributed by atoms with Crippen LogP contribution in [0.2, 0.25) is 0 Å². The Labute approximate surface area is 111 Å². The van der Waals surface area contributed by atoms with Gasteiger partial charge < -0.3 is 5.11 Å². The SMILES string of the molecule is Cc1ccc(-n2nc(C)c(CCC(=O)O)c2C)nn1. The van der Waals surface area contributed by atoms with Gasteiger partial charge in [-0.1, -0.05) is 0 Å². The fraction of sp³-hybridized carbons (Fsp3) is 0.385. The lowest BCUT2D eigenvalue weighted by Gasteiger charge is -2.03. The summed E-state index contributed by atoms with van der Waals surface area (Å²) in [7, 11) is 0. The first-order valence-electron chi connectivity index (χ1n) is 6.06. The Bertz CT molecular complexity index is 602. The number of hydrogen-bond acceptors (Lipinski definition) is 4. The van der Waals surface area contributed by atoms with Crippen LogP contribution in [0.5, 0.6) is 0 Å². The maximum absolute atomic E-state index is 10.7. The molecule has 0 unspecified atom stereocenters. The van der Waals surface area contributed by atoms with E-state index in [-0.39, 0.29) is 6.42 Å². The van der Waals surface area contributed by atoms with Crippen molar-refractivity contribution in [3.8, 4) is 5.82 Å². The van der Waals surface area contributed by atoms with E-state index in [0.717, 1.165) is 22.6 Å². The molecule has 0 bridgehead atoms. The Kier molecular flexibility index (Phi) is 3.59. The third kappa shape index (κ3) is 2.78. The summed E-state index contributed by atoms with van der Waals surface area (Å²) in [5.41, 5.74) is 3.55. The molecule has 0 saturated heterocycles. The van der Waals surface area contributed by atoms with E-state index in [9.17, 15) is 4.79 Å². The van der Waals surface area contributed by atoms with E-state index in [1.807, 2.05) is 32.9 Å². The zero-order valence-corrected chi connectivity index (χ0v) is 11.2. The van der Waals surface area contributed by atoms with Crippen molar-refractivity contribution in [2.45, 2.75) is 33.6 Å². The third-order valence-corrected chi connectivity index (χ3v) is 3.03. The van der Waals surface area contributed by atoms with Crippen LogP contribution in [-0.4, -0.2) is 31.1 Å². The van der Waals surface area contributed by atoms with Gasteiger partial charge in [0.25, 0.3) is 0 Å². The average Bonchev–Trinajstić information content (AvgIpc) is 2.63. The maximum Gasteiger partial charge on any atom is 0.303 e. The number of rotatable bonds is 4. The number of aromatic nitrogens is 4. The molecule has 2 aromatic heterocycles. The molecule has 100 valence electrons. The summed E-state index contributed by atoms with van der Waals surface area (Å²) in [6, 6.07) is 3.72. The molecule has 0 amide bonds. The molecule has 0 saturated carbocycles. The van der Waals surface area contributed by atoms with Gasteiger partial charge in [0.05, 0.1) is 11.4 Å². The predicted molar refractivity (Wildman–Crippen MR) is 69.3 cm³/mol. The molecule has 1 N–H and O–H groups in total. The second-order valence-corrected chi connectivity index (χ2v) is 4.49. The fourth-order valence-corrected chi connectivity index (χ4v) is 2.00. The number of hydrogen-bond donors (Lipinski definition) is 1. The lowest BCUT2D eigenvalue weighted by Crippen LogP contribution is -2.04. The van der Waals surface area contributed by atoms with Crippen LogP contribution in [0.3, 0.4) is 0 Å². The summed E-state index contributed by atoms with van der Waals surface area (Å²) in [6.07, 6.45) is 0.583. The van der Waals surface area contributed by atoms with Gasteiger partial charge >= 0.3 is 5.97 Å². The van der Waals surface area contributed by atoms with E-state index in [0.29, 0.717) is 12.2 Å². The monoisotopic (exact) mass is 260 g/mol. The topological polar surface area (TPSA) is 80.9 Å². The van der Waals surface area contributed by atoms with Crippen molar-refractivity contribution in [3.05, 3.63) is 34.8 Å². The maximum atomic E-state index is 10.7. The van der Waals surface area contributed by atoms with E-state index in [2.05, 4.69) is 15.3 Å². The van der Waals surface area contributed by atoms with Crippen LogP contribution >= 0.6 is 0 Å². The van der Waals surface area contributed by atoms with E-state index in [1.54, 1.807) is 4.68 Å². The lowest BCUT2D eigenvalue weighted by atomic mass is 10.1. The van der Waals surface area contributed by atoms with Crippen molar-refractivity contribution in [2.24, 2.45) is 0 Å². The van der Waals surface area contributed by atoms with Crippen LogP contribution in [0.1, 0.15) is 29.1 Å². The molecule has 6 heteroatoms. The van der Waals surface area contributed by atoms with Crippen LogP contribution in [-0.2, 0) is 11.2 Å². The molecular formula is C13H16N4O2. The van der Waals surface area contributed by atoms with E-state index < -0.39 is 5.97 Å². The van der Waals surface area contributed by atoms with Gasteiger partial charge in [-0.25, -0.2) is 4.68 Å². The number of carboxylic acid groups (broad SMARTS) is 1. The molecule has 2 aromatic rings. The molecule has 2 heterocycles. The quantitative estimate of drug-likeness (QED) is 0.903. The summed E-state index contributed by atoms with van der Waals surface area (Å²) < 4.78 is 1.71. The van der Waals surface area contributed by atoms with Gasteiger partial charge in [-0.3, -0.25) is 4.79 Å². The number of carboxylic acids is 1. The first-order chi connectivity index (χ1) is 8.99. The summed E-state index contributed by atoms with van der Waals surface area (Å²) in [5, 5.41) is 21.3. The van der Waals surface area contributed by atoms with Crippen LogP contribution < -0.4 is 0 Å². The molecule has 0 atom stereocenters. The van der Waals surface area contributed by atoms with Crippen LogP contribution in [0.25, 0.3) is 5.82 Å². The lowest BCUT2D eigenvalue weighted by molar-refractivity contribution is -0.136. The highest BCUT2D eigenvalue weighted by Crippen LogP contribution is 2.18. The highest BCUT2D eigenvalue weighted by molar-refractivity contribution is 5.67. The highest BCUT2D eigenvalue weighted by Gasteiger charge is 2.14. The zero-order chi connectivity index (χ0) is 14.0. The molecule has 2 rings (SSSR count). The Morgan fingerprint density at radius 1 is 1.26 bits per heavy atom. The van der Waals surface area contributed by atoms with Crippen molar-refractivity contribution in [1.29, 1.82) is 0 Å². The molecule has 6 nitrogen and oxygen atoms in total. The first kappa shape index (κ1) is 13.2. The second-order valence-electron chi connectivity index (χ2n) is 4.49. The molecular weight excluding hydrogens is 244 g/mol. The van der Waals surface area contributed by atoms with Gasteiger partial charge in [0.2, 0.25) is 0 Å². The second kappa shape index (κ2) is 5.17. The van der Waals surface area contributed by atoms with Gasteiger partial charge in [-0.05, 0) is 44.9 Å². The molecule has 0 aliphatic carbocycles. The van der Waals surface area contributed by atoms with Gasteiger partial charge in [0.1, 0.15) is 0 Å². The number of aliphatic carboxylic acids is 1.